The third-order valence-electron chi connectivity index (χ3n) is 12.5. The molecule has 5 heteroatoms. The minimum absolute atomic E-state index is 0.00625. The lowest BCUT2D eigenvalue weighted by Crippen LogP contribution is -2.31. The zero-order chi connectivity index (χ0) is 40.8. The molecule has 0 aliphatic heterocycles. The largest absolute Gasteiger partial charge is 0.457 e. The molecule has 0 fully saturated rings. The van der Waals surface area contributed by atoms with E-state index in [9.17, 15) is 0 Å². The molecule has 0 spiro atoms. The molecule has 0 N–H and O–H groups in total. The van der Waals surface area contributed by atoms with Gasteiger partial charge in [-0.3, -0.25) is 4.57 Å². The number of imidazole rings is 1. The van der Waals surface area contributed by atoms with Crippen LogP contribution in [0.1, 0.15) is 51.3 Å². The molecule has 11 rings (SSSR count). The molecule has 0 saturated carbocycles. The van der Waals surface area contributed by atoms with E-state index in [1.807, 2.05) is 12.3 Å². The number of aromatic nitrogens is 4. The summed E-state index contributed by atoms with van der Waals surface area (Å²) in [6.07, 6.45) is 4.17. The fourth-order valence-corrected chi connectivity index (χ4v) is 9.47. The first-order chi connectivity index (χ1) is 29.1. The van der Waals surface area contributed by atoms with Crippen LogP contribution in [0.15, 0.2) is 182 Å². The Morgan fingerprint density at radius 1 is 0.583 bits per heavy atom. The van der Waals surface area contributed by atoms with Crippen molar-refractivity contribution < 1.29 is 9.30 Å². The average molecular weight is 778 g/mol. The molecule has 3 aromatic heterocycles. The van der Waals surface area contributed by atoms with Gasteiger partial charge in [-0.05, 0) is 93.9 Å². The summed E-state index contributed by atoms with van der Waals surface area (Å²) in [4.78, 5) is 4.88. The van der Waals surface area contributed by atoms with Crippen LogP contribution >= 0.6 is 0 Å². The molecule has 3 heterocycles. The van der Waals surface area contributed by atoms with E-state index in [0.717, 1.165) is 50.5 Å². The molecule has 0 radical (unpaired) electrons. The van der Waals surface area contributed by atoms with Crippen LogP contribution in [0.2, 0.25) is 0 Å². The normalized spacial score (nSPS) is 13.2. The third kappa shape index (κ3) is 5.60. The van der Waals surface area contributed by atoms with Crippen molar-refractivity contribution in [1.29, 1.82) is 0 Å². The first-order valence-corrected chi connectivity index (χ1v) is 20.8. The Bertz CT molecular complexity index is 3310. The number of rotatable bonds is 6. The minimum Gasteiger partial charge on any atom is -0.457 e. The maximum atomic E-state index is 6.76. The van der Waals surface area contributed by atoms with Crippen LogP contribution in [-0.2, 0) is 10.8 Å². The molecule has 290 valence electrons. The smallest absolute Gasteiger partial charge is 0.255 e. The lowest BCUT2D eigenvalue weighted by Gasteiger charge is -2.22. The van der Waals surface area contributed by atoms with Crippen LogP contribution in [0.3, 0.4) is 0 Å². The van der Waals surface area contributed by atoms with E-state index in [0.29, 0.717) is 0 Å². The molecule has 0 atom stereocenters. The van der Waals surface area contributed by atoms with Crippen LogP contribution in [-0.4, -0.2) is 14.1 Å². The molecule has 0 bridgehead atoms. The van der Waals surface area contributed by atoms with Crippen molar-refractivity contribution in [3.05, 3.63) is 199 Å². The number of hydrogen-bond donors (Lipinski definition) is 0. The van der Waals surface area contributed by atoms with Crippen molar-refractivity contribution in [3.8, 4) is 50.9 Å². The van der Waals surface area contributed by atoms with Crippen LogP contribution in [0.4, 0.5) is 0 Å². The van der Waals surface area contributed by atoms with Crippen molar-refractivity contribution >= 4 is 32.8 Å². The van der Waals surface area contributed by atoms with Gasteiger partial charge in [0, 0.05) is 45.6 Å². The molecular formula is C55H45N4O+. The average Bonchev–Trinajstić information content (AvgIpc) is 3.89. The summed E-state index contributed by atoms with van der Waals surface area (Å²) in [5.41, 5.74) is 15.3. The molecule has 60 heavy (non-hydrogen) atoms. The van der Waals surface area contributed by atoms with Gasteiger partial charge in [0.15, 0.2) is 11.0 Å². The second-order valence-corrected chi connectivity index (χ2v) is 17.5. The monoisotopic (exact) mass is 777 g/mol. The summed E-state index contributed by atoms with van der Waals surface area (Å²) in [5.74, 6) is 2.41. The van der Waals surface area contributed by atoms with Crippen molar-refractivity contribution in [2.45, 2.75) is 45.4 Å². The molecule has 0 saturated heterocycles. The first-order valence-electron chi connectivity index (χ1n) is 20.8. The fourth-order valence-electron chi connectivity index (χ4n) is 9.47. The van der Waals surface area contributed by atoms with Crippen LogP contribution < -0.4 is 9.30 Å². The standard InChI is InChI=1S/C55H45N4O/c1-54(2,3)37-30-31-56-51(32-37)59-47-23-12-10-20-42(47)43-27-26-40(34-50(43)59)60-39-19-15-18-38(33-39)57-35-58(49-25-14-13-24-48(49)57)53-41(36-16-7-6-8-17-36)28-29-46-52(53)44-21-9-11-22-45(44)55(46,4)5/h6-35H,1-5H3/q+1. The summed E-state index contributed by atoms with van der Waals surface area (Å²) in [7, 11) is 0. The summed E-state index contributed by atoms with van der Waals surface area (Å²) in [5, 5.41) is 2.34. The van der Waals surface area contributed by atoms with Gasteiger partial charge in [0.25, 0.3) is 6.33 Å². The highest BCUT2D eigenvalue weighted by atomic mass is 16.5. The predicted octanol–water partition coefficient (Wildman–Crippen LogP) is 13.5. The summed E-state index contributed by atoms with van der Waals surface area (Å²) in [6, 6.07) is 60.7. The van der Waals surface area contributed by atoms with Gasteiger partial charge in [-0.25, -0.2) is 4.98 Å². The highest BCUT2D eigenvalue weighted by molar-refractivity contribution is 6.09. The van der Waals surface area contributed by atoms with E-state index in [-0.39, 0.29) is 10.8 Å². The molecule has 1 aliphatic carbocycles. The van der Waals surface area contributed by atoms with Gasteiger partial charge >= 0.3 is 0 Å². The third-order valence-corrected chi connectivity index (χ3v) is 12.5. The van der Waals surface area contributed by atoms with Crippen molar-refractivity contribution in [2.75, 3.05) is 0 Å². The van der Waals surface area contributed by atoms with Gasteiger partial charge in [-0.2, -0.15) is 9.13 Å². The second-order valence-electron chi connectivity index (χ2n) is 17.5. The first kappa shape index (κ1) is 35.9. The Morgan fingerprint density at radius 3 is 2.17 bits per heavy atom. The number of benzene rings is 7. The number of para-hydroxylation sites is 3. The maximum Gasteiger partial charge on any atom is 0.255 e. The van der Waals surface area contributed by atoms with Gasteiger partial charge in [0.2, 0.25) is 0 Å². The van der Waals surface area contributed by atoms with Gasteiger partial charge in [0.1, 0.15) is 28.7 Å². The van der Waals surface area contributed by atoms with Crippen LogP contribution in [0, 0.1) is 0 Å². The molecule has 0 unspecified atom stereocenters. The summed E-state index contributed by atoms with van der Waals surface area (Å²) < 4.78 is 13.7. The Kier molecular flexibility index (Phi) is 8.01. The van der Waals surface area contributed by atoms with E-state index >= 15 is 0 Å². The number of nitrogens with zero attached hydrogens (tertiary/aromatic N) is 4. The number of pyridine rings is 1. The van der Waals surface area contributed by atoms with E-state index in [4.69, 9.17) is 9.72 Å². The van der Waals surface area contributed by atoms with Gasteiger partial charge < -0.3 is 4.74 Å². The number of hydrogen-bond acceptors (Lipinski definition) is 2. The van der Waals surface area contributed by atoms with Gasteiger partial charge in [-0.1, -0.05) is 132 Å². The highest BCUT2D eigenvalue weighted by Crippen LogP contribution is 2.52. The zero-order valence-electron chi connectivity index (χ0n) is 34.5. The molecular weight excluding hydrogens is 733 g/mol. The minimum atomic E-state index is -0.134. The summed E-state index contributed by atoms with van der Waals surface area (Å²) in [6.45, 7) is 11.4. The lowest BCUT2D eigenvalue weighted by molar-refractivity contribution is -0.566. The molecule has 10 aromatic rings. The topological polar surface area (TPSA) is 35.9 Å². The Hall–Kier alpha value is -7.24. The highest BCUT2D eigenvalue weighted by Gasteiger charge is 2.39. The number of fused-ring (bicyclic) bond motifs is 7. The van der Waals surface area contributed by atoms with Gasteiger partial charge in [-0.15, -0.1) is 0 Å². The zero-order valence-corrected chi connectivity index (χ0v) is 34.5. The summed E-state index contributed by atoms with van der Waals surface area (Å²) >= 11 is 0. The Balaban J connectivity index is 1.04. The van der Waals surface area contributed by atoms with Crippen LogP contribution in [0.5, 0.6) is 11.5 Å². The van der Waals surface area contributed by atoms with E-state index in [2.05, 4.69) is 218 Å². The Morgan fingerprint density at radius 2 is 1.32 bits per heavy atom. The van der Waals surface area contributed by atoms with E-state index in [1.54, 1.807) is 0 Å². The quantitative estimate of drug-likeness (QED) is 0.158. The molecule has 1 aliphatic rings. The SMILES string of the molecule is CC(C)(C)c1ccnc(-n2c3ccccc3c3ccc(Oc4cccc(-n5c[n+](-c6c(-c7ccccc7)ccc7c6-c6ccccc6C7(C)C)c6ccccc65)c4)cc32)c1. The maximum absolute atomic E-state index is 6.76. The Labute approximate surface area is 350 Å². The lowest BCUT2D eigenvalue weighted by atomic mass is 9.82. The van der Waals surface area contributed by atoms with Gasteiger partial charge in [0.05, 0.1) is 11.0 Å². The van der Waals surface area contributed by atoms with Crippen molar-refractivity contribution in [1.82, 2.24) is 14.1 Å². The van der Waals surface area contributed by atoms with Crippen molar-refractivity contribution in [2.24, 2.45) is 0 Å². The molecule has 7 aromatic carbocycles. The van der Waals surface area contributed by atoms with Crippen LogP contribution in [0.25, 0.3) is 72.3 Å². The predicted molar refractivity (Wildman–Crippen MR) is 245 cm³/mol. The van der Waals surface area contributed by atoms with Crippen molar-refractivity contribution in [3.63, 3.8) is 0 Å². The second kappa shape index (κ2) is 13.4. The molecule has 0 amide bonds. The number of ether oxygens (including phenoxy) is 1. The fraction of sp³-hybridized carbons (Fsp3) is 0.127. The van der Waals surface area contributed by atoms with E-state index in [1.165, 1.54) is 50.0 Å². The molecule has 5 nitrogen and oxygen atoms in total. The van der Waals surface area contributed by atoms with E-state index < -0.39 is 0 Å².